The molecule has 1 heteroatoms. The first-order valence-corrected chi connectivity index (χ1v) is 6.72. The van der Waals surface area contributed by atoms with Gasteiger partial charge in [-0.3, -0.25) is 0 Å². The second-order valence-corrected chi connectivity index (χ2v) is 5.86. The molecule has 4 unspecified atom stereocenters. The lowest BCUT2D eigenvalue weighted by atomic mass is 9.67. The van der Waals surface area contributed by atoms with Gasteiger partial charge in [-0.25, -0.2) is 0 Å². The highest BCUT2D eigenvalue weighted by Gasteiger charge is 2.40. The SMILES string of the molecule is CCCC(C)CC1(O)CCCC(C)C1C. The third kappa shape index (κ3) is 3.21. The molecule has 1 aliphatic carbocycles. The lowest BCUT2D eigenvalue weighted by molar-refractivity contribution is -0.0784. The van der Waals surface area contributed by atoms with E-state index in [2.05, 4.69) is 27.7 Å². The van der Waals surface area contributed by atoms with Gasteiger partial charge in [0.2, 0.25) is 0 Å². The average Bonchev–Trinajstić information content (AvgIpc) is 2.14. The summed E-state index contributed by atoms with van der Waals surface area (Å²) in [7, 11) is 0. The minimum Gasteiger partial charge on any atom is -0.390 e. The summed E-state index contributed by atoms with van der Waals surface area (Å²) in [6.07, 6.45) is 7.02. The van der Waals surface area contributed by atoms with Crippen LogP contribution in [0.2, 0.25) is 0 Å². The summed E-state index contributed by atoms with van der Waals surface area (Å²) in [5.41, 5.74) is -0.369. The summed E-state index contributed by atoms with van der Waals surface area (Å²) in [5.74, 6) is 1.84. The molecule has 0 aromatic heterocycles. The van der Waals surface area contributed by atoms with Gasteiger partial charge in [0.25, 0.3) is 0 Å². The van der Waals surface area contributed by atoms with Gasteiger partial charge >= 0.3 is 0 Å². The van der Waals surface area contributed by atoms with Gasteiger partial charge in [0.05, 0.1) is 5.60 Å². The Bertz CT molecular complexity index is 190. The van der Waals surface area contributed by atoms with E-state index >= 15 is 0 Å². The van der Waals surface area contributed by atoms with E-state index < -0.39 is 0 Å². The normalized spacial score (nSPS) is 39.0. The molecule has 4 atom stereocenters. The zero-order valence-corrected chi connectivity index (χ0v) is 10.9. The molecular weight excluding hydrogens is 184 g/mol. The summed E-state index contributed by atoms with van der Waals surface area (Å²) in [6, 6.07) is 0. The highest BCUT2D eigenvalue weighted by Crippen LogP contribution is 2.41. The van der Waals surface area contributed by atoms with E-state index in [4.69, 9.17) is 0 Å². The molecule has 0 bridgehead atoms. The summed E-state index contributed by atoms with van der Waals surface area (Å²) >= 11 is 0. The Morgan fingerprint density at radius 3 is 2.67 bits per heavy atom. The second-order valence-electron chi connectivity index (χ2n) is 5.86. The van der Waals surface area contributed by atoms with E-state index in [1.807, 2.05) is 0 Å². The Balaban J connectivity index is 2.55. The van der Waals surface area contributed by atoms with Gasteiger partial charge in [0.15, 0.2) is 0 Å². The fourth-order valence-corrected chi connectivity index (χ4v) is 3.22. The first-order chi connectivity index (χ1) is 6.99. The van der Waals surface area contributed by atoms with Crippen LogP contribution in [0.1, 0.15) is 66.2 Å². The van der Waals surface area contributed by atoms with E-state index in [-0.39, 0.29) is 5.60 Å². The highest BCUT2D eigenvalue weighted by atomic mass is 16.3. The molecule has 1 nitrogen and oxygen atoms in total. The van der Waals surface area contributed by atoms with Crippen molar-refractivity contribution in [1.29, 1.82) is 0 Å². The van der Waals surface area contributed by atoms with Crippen LogP contribution in [0, 0.1) is 17.8 Å². The molecule has 15 heavy (non-hydrogen) atoms. The quantitative estimate of drug-likeness (QED) is 0.747. The molecule has 0 aromatic carbocycles. The molecule has 1 rings (SSSR count). The van der Waals surface area contributed by atoms with Gasteiger partial charge in [0, 0.05) is 0 Å². The van der Waals surface area contributed by atoms with Crippen molar-refractivity contribution in [2.24, 2.45) is 17.8 Å². The van der Waals surface area contributed by atoms with Gasteiger partial charge in [-0.05, 0) is 30.6 Å². The van der Waals surface area contributed by atoms with E-state index in [9.17, 15) is 5.11 Å². The van der Waals surface area contributed by atoms with Crippen molar-refractivity contribution in [2.45, 2.75) is 71.8 Å². The van der Waals surface area contributed by atoms with Crippen molar-refractivity contribution in [3.8, 4) is 0 Å². The molecular formula is C14H28O. The summed E-state index contributed by atoms with van der Waals surface area (Å²) in [5, 5.41) is 10.7. The van der Waals surface area contributed by atoms with Crippen molar-refractivity contribution >= 4 is 0 Å². The van der Waals surface area contributed by atoms with E-state index in [0.717, 1.165) is 12.8 Å². The first-order valence-electron chi connectivity index (χ1n) is 6.72. The Labute approximate surface area is 95.3 Å². The van der Waals surface area contributed by atoms with Crippen molar-refractivity contribution in [3.63, 3.8) is 0 Å². The molecule has 0 amide bonds. The lowest BCUT2D eigenvalue weighted by Gasteiger charge is -2.43. The molecule has 0 spiro atoms. The van der Waals surface area contributed by atoms with E-state index in [1.54, 1.807) is 0 Å². The second kappa shape index (κ2) is 5.34. The van der Waals surface area contributed by atoms with Crippen LogP contribution < -0.4 is 0 Å². The largest absolute Gasteiger partial charge is 0.390 e. The molecule has 1 aliphatic rings. The molecule has 0 saturated heterocycles. The molecule has 1 saturated carbocycles. The predicted octanol–water partition coefficient (Wildman–Crippen LogP) is 4.00. The lowest BCUT2D eigenvalue weighted by Crippen LogP contribution is -2.44. The van der Waals surface area contributed by atoms with Gasteiger partial charge in [-0.15, -0.1) is 0 Å². The molecule has 0 aliphatic heterocycles. The highest BCUT2D eigenvalue weighted by molar-refractivity contribution is 4.91. The zero-order chi connectivity index (χ0) is 11.5. The fraction of sp³-hybridized carbons (Fsp3) is 1.00. The van der Waals surface area contributed by atoms with E-state index in [1.165, 1.54) is 25.7 Å². The topological polar surface area (TPSA) is 20.2 Å². The van der Waals surface area contributed by atoms with Crippen molar-refractivity contribution in [2.75, 3.05) is 0 Å². The summed E-state index contributed by atoms with van der Waals surface area (Å²) in [6.45, 7) is 9.04. The van der Waals surface area contributed by atoms with Crippen LogP contribution >= 0.6 is 0 Å². The maximum Gasteiger partial charge on any atom is 0.0678 e. The smallest absolute Gasteiger partial charge is 0.0678 e. The minimum absolute atomic E-state index is 0.369. The van der Waals surface area contributed by atoms with Gasteiger partial charge in [-0.1, -0.05) is 53.4 Å². The predicted molar refractivity (Wildman–Crippen MR) is 65.8 cm³/mol. The van der Waals surface area contributed by atoms with Crippen LogP contribution in [0.3, 0.4) is 0 Å². The monoisotopic (exact) mass is 212 g/mol. The standard InChI is InChI=1S/C14H28O/c1-5-7-11(2)10-14(15)9-6-8-12(3)13(14)4/h11-13,15H,5-10H2,1-4H3. The summed E-state index contributed by atoms with van der Waals surface area (Å²) in [4.78, 5) is 0. The van der Waals surface area contributed by atoms with Crippen LogP contribution in [-0.2, 0) is 0 Å². The molecule has 1 fully saturated rings. The maximum absolute atomic E-state index is 10.7. The van der Waals surface area contributed by atoms with Crippen molar-refractivity contribution < 1.29 is 5.11 Å². The molecule has 0 radical (unpaired) electrons. The van der Waals surface area contributed by atoms with Gasteiger partial charge in [0.1, 0.15) is 0 Å². The minimum atomic E-state index is -0.369. The van der Waals surface area contributed by atoms with Crippen LogP contribution in [0.15, 0.2) is 0 Å². The Morgan fingerprint density at radius 1 is 1.40 bits per heavy atom. The van der Waals surface area contributed by atoms with Crippen LogP contribution in [0.5, 0.6) is 0 Å². The van der Waals surface area contributed by atoms with E-state index in [0.29, 0.717) is 17.8 Å². The molecule has 0 heterocycles. The number of aliphatic hydroxyl groups is 1. The third-order valence-electron chi connectivity index (χ3n) is 4.45. The maximum atomic E-state index is 10.7. The van der Waals surface area contributed by atoms with Gasteiger partial charge < -0.3 is 5.11 Å². The van der Waals surface area contributed by atoms with Crippen molar-refractivity contribution in [3.05, 3.63) is 0 Å². The first kappa shape index (κ1) is 13.0. The summed E-state index contributed by atoms with van der Waals surface area (Å²) < 4.78 is 0. The van der Waals surface area contributed by atoms with Crippen LogP contribution in [0.4, 0.5) is 0 Å². The van der Waals surface area contributed by atoms with Gasteiger partial charge in [-0.2, -0.15) is 0 Å². The van der Waals surface area contributed by atoms with Crippen molar-refractivity contribution in [1.82, 2.24) is 0 Å². The number of rotatable bonds is 4. The fourth-order valence-electron chi connectivity index (χ4n) is 3.22. The zero-order valence-electron chi connectivity index (χ0n) is 10.9. The third-order valence-corrected chi connectivity index (χ3v) is 4.45. The van der Waals surface area contributed by atoms with Crippen LogP contribution in [-0.4, -0.2) is 10.7 Å². The Kier molecular flexibility index (Phi) is 4.64. The Morgan fingerprint density at radius 2 is 2.07 bits per heavy atom. The molecule has 90 valence electrons. The number of hydrogen-bond acceptors (Lipinski definition) is 1. The Hall–Kier alpha value is -0.0400. The van der Waals surface area contributed by atoms with Crippen LogP contribution in [0.25, 0.3) is 0 Å². The molecule has 0 aromatic rings. The number of hydrogen-bond donors (Lipinski definition) is 1. The molecule has 1 N–H and O–H groups in total. The average molecular weight is 212 g/mol.